The molecule has 0 radical (unpaired) electrons. The van der Waals surface area contributed by atoms with E-state index in [0.717, 1.165) is 37.0 Å². The van der Waals surface area contributed by atoms with E-state index in [1.165, 1.54) is 24.3 Å². The number of methoxy groups -OCH3 is 1. The van der Waals surface area contributed by atoms with Gasteiger partial charge in [-0.2, -0.15) is 0 Å². The molecule has 0 fully saturated rings. The third-order valence-electron chi connectivity index (χ3n) is 3.96. The number of carbonyl (C=O) groups is 1. The number of amides is 1. The van der Waals surface area contributed by atoms with Crippen LogP contribution in [0.2, 0.25) is 0 Å². The van der Waals surface area contributed by atoms with Crippen LogP contribution in [0.25, 0.3) is 0 Å². The van der Waals surface area contributed by atoms with E-state index in [-0.39, 0.29) is 17.8 Å². The molecule has 2 aromatic rings. The van der Waals surface area contributed by atoms with Crippen molar-refractivity contribution in [2.75, 3.05) is 7.11 Å². The first kappa shape index (κ1) is 18.0. The fourth-order valence-corrected chi connectivity index (χ4v) is 2.63. The van der Waals surface area contributed by atoms with Crippen LogP contribution in [0.4, 0.5) is 4.39 Å². The predicted molar refractivity (Wildman–Crippen MR) is 93.9 cm³/mol. The molecule has 1 unspecified atom stereocenters. The maximum Gasteiger partial charge on any atom is 0.251 e. The molecule has 2 rings (SSSR count). The van der Waals surface area contributed by atoms with Crippen molar-refractivity contribution in [1.29, 1.82) is 0 Å². The minimum atomic E-state index is -0.342. The van der Waals surface area contributed by atoms with E-state index < -0.39 is 0 Å². The Labute approximate surface area is 142 Å². The van der Waals surface area contributed by atoms with Gasteiger partial charge in [0.15, 0.2) is 0 Å². The van der Waals surface area contributed by atoms with Crippen molar-refractivity contribution < 1.29 is 13.9 Å². The largest absolute Gasteiger partial charge is 0.497 e. The SMILES string of the molecule is CCCCC(Cc1cccc(OC)c1)NC(=O)c1ccc(F)cc1. The molecule has 0 aliphatic carbocycles. The molecule has 2 aromatic carbocycles. The number of ether oxygens (including phenoxy) is 1. The van der Waals surface area contributed by atoms with E-state index in [2.05, 4.69) is 12.2 Å². The summed E-state index contributed by atoms with van der Waals surface area (Å²) in [5.41, 5.74) is 1.60. The fraction of sp³-hybridized carbons (Fsp3) is 0.350. The molecule has 0 aromatic heterocycles. The van der Waals surface area contributed by atoms with Gasteiger partial charge in [0.05, 0.1) is 7.11 Å². The van der Waals surface area contributed by atoms with Gasteiger partial charge in [0.25, 0.3) is 5.91 Å². The second-order valence-electron chi connectivity index (χ2n) is 5.88. The molecule has 1 N–H and O–H groups in total. The smallest absolute Gasteiger partial charge is 0.251 e. The normalized spacial score (nSPS) is 11.8. The molecule has 4 heteroatoms. The molecule has 0 heterocycles. The molecule has 24 heavy (non-hydrogen) atoms. The van der Waals surface area contributed by atoms with Crippen LogP contribution in [0.5, 0.6) is 5.75 Å². The van der Waals surface area contributed by atoms with Crippen LogP contribution >= 0.6 is 0 Å². The highest BCUT2D eigenvalue weighted by atomic mass is 19.1. The summed E-state index contributed by atoms with van der Waals surface area (Å²) in [5.74, 6) is 0.302. The molecule has 0 aliphatic rings. The first-order valence-electron chi connectivity index (χ1n) is 8.31. The zero-order valence-corrected chi connectivity index (χ0v) is 14.2. The molecular weight excluding hydrogens is 305 g/mol. The van der Waals surface area contributed by atoms with Crippen molar-refractivity contribution in [2.45, 2.75) is 38.6 Å². The van der Waals surface area contributed by atoms with E-state index in [0.29, 0.717) is 5.56 Å². The van der Waals surface area contributed by atoms with Crippen LogP contribution in [0.15, 0.2) is 48.5 Å². The van der Waals surface area contributed by atoms with E-state index in [4.69, 9.17) is 4.74 Å². The van der Waals surface area contributed by atoms with Gasteiger partial charge in [0.1, 0.15) is 11.6 Å². The first-order valence-corrected chi connectivity index (χ1v) is 8.31. The van der Waals surface area contributed by atoms with Crippen LogP contribution in [0, 0.1) is 5.82 Å². The number of halogens is 1. The quantitative estimate of drug-likeness (QED) is 0.781. The molecule has 0 saturated heterocycles. The van der Waals surface area contributed by atoms with Crippen LogP contribution in [0.1, 0.15) is 42.1 Å². The van der Waals surface area contributed by atoms with Gasteiger partial charge in [-0.3, -0.25) is 4.79 Å². The lowest BCUT2D eigenvalue weighted by Gasteiger charge is -2.19. The van der Waals surface area contributed by atoms with Gasteiger partial charge >= 0.3 is 0 Å². The number of carbonyl (C=O) groups excluding carboxylic acids is 1. The second kappa shape index (κ2) is 9.06. The predicted octanol–water partition coefficient (Wildman–Crippen LogP) is 4.37. The molecule has 0 aliphatic heterocycles. The molecule has 1 atom stereocenters. The van der Waals surface area contributed by atoms with Crippen LogP contribution in [-0.4, -0.2) is 19.1 Å². The molecule has 0 bridgehead atoms. The van der Waals surface area contributed by atoms with Crippen LogP contribution in [-0.2, 0) is 6.42 Å². The van der Waals surface area contributed by atoms with E-state index in [9.17, 15) is 9.18 Å². The molecule has 128 valence electrons. The van der Waals surface area contributed by atoms with E-state index in [1.54, 1.807) is 7.11 Å². The van der Waals surface area contributed by atoms with Crippen molar-refractivity contribution in [3.63, 3.8) is 0 Å². The highest BCUT2D eigenvalue weighted by molar-refractivity contribution is 5.94. The number of benzene rings is 2. The average Bonchev–Trinajstić information content (AvgIpc) is 2.60. The Morgan fingerprint density at radius 3 is 2.62 bits per heavy atom. The van der Waals surface area contributed by atoms with Crippen molar-refractivity contribution in [1.82, 2.24) is 5.32 Å². The molecule has 3 nitrogen and oxygen atoms in total. The Morgan fingerprint density at radius 1 is 1.21 bits per heavy atom. The van der Waals surface area contributed by atoms with Crippen molar-refractivity contribution in [3.8, 4) is 5.75 Å². The lowest BCUT2D eigenvalue weighted by atomic mass is 10.00. The summed E-state index contributed by atoms with van der Waals surface area (Å²) in [6.45, 7) is 2.13. The summed E-state index contributed by atoms with van der Waals surface area (Å²) >= 11 is 0. The standard InChI is InChI=1S/C20H24FNO2/c1-3-4-7-18(13-15-6-5-8-19(14-15)24-2)22-20(23)16-9-11-17(21)12-10-16/h5-6,8-12,14,18H,3-4,7,13H2,1-2H3,(H,22,23). The maximum atomic E-state index is 13.0. The lowest BCUT2D eigenvalue weighted by molar-refractivity contribution is 0.0934. The first-order chi connectivity index (χ1) is 11.6. The van der Waals surface area contributed by atoms with Gasteiger partial charge < -0.3 is 10.1 Å². The monoisotopic (exact) mass is 329 g/mol. The van der Waals surface area contributed by atoms with Crippen LogP contribution in [0.3, 0.4) is 0 Å². The minimum absolute atomic E-state index is 0.0367. The second-order valence-corrected chi connectivity index (χ2v) is 5.88. The number of hydrogen-bond acceptors (Lipinski definition) is 2. The third kappa shape index (κ3) is 5.37. The summed E-state index contributed by atoms with van der Waals surface area (Å²) < 4.78 is 18.3. The highest BCUT2D eigenvalue weighted by Crippen LogP contribution is 2.16. The van der Waals surface area contributed by atoms with Gasteiger partial charge in [-0.05, 0) is 54.8 Å². The number of unbranched alkanes of at least 4 members (excludes halogenated alkanes) is 1. The topological polar surface area (TPSA) is 38.3 Å². The summed E-state index contributed by atoms with van der Waals surface area (Å²) in [6, 6.07) is 13.5. The Hall–Kier alpha value is -2.36. The van der Waals surface area contributed by atoms with Gasteiger partial charge in [-0.1, -0.05) is 31.9 Å². The van der Waals surface area contributed by atoms with Crippen molar-refractivity contribution in [3.05, 3.63) is 65.5 Å². The number of nitrogens with one attached hydrogen (secondary N) is 1. The number of rotatable bonds is 8. The van der Waals surface area contributed by atoms with Gasteiger partial charge in [-0.25, -0.2) is 4.39 Å². The maximum absolute atomic E-state index is 13.0. The Kier molecular flexibility index (Phi) is 6.79. The van der Waals surface area contributed by atoms with E-state index in [1.807, 2.05) is 24.3 Å². The van der Waals surface area contributed by atoms with Crippen molar-refractivity contribution >= 4 is 5.91 Å². The van der Waals surface area contributed by atoms with Crippen molar-refractivity contribution in [2.24, 2.45) is 0 Å². The summed E-state index contributed by atoms with van der Waals surface area (Å²) in [6.07, 6.45) is 3.75. The van der Waals surface area contributed by atoms with E-state index >= 15 is 0 Å². The molecular formula is C20H24FNO2. The number of hydrogen-bond donors (Lipinski definition) is 1. The zero-order valence-electron chi connectivity index (χ0n) is 14.2. The summed E-state index contributed by atoms with van der Waals surface area (Å²) in [5, 5.41) is 3.07. The Bertz CT molecular complexity index is 655. The minimum Gasteiger partial charge on any atom is -0.497 e. The molecule has 0 saturated carbocycles. The summed E-state index contributed by atoms with van der Waals surface area (Å²) in [7, 11) is 1.64. The average molecular weight is 329 g/mol. The van der Waals surface area contributed by atoms with Gasteiger partial charge in [-0.15, -0.1) is 0 Å². The molecule has 1 amide bonds. The van der Waals surface area contributed by atoms with Crippen LogP contribution < -0.4 is 10.1 Å². The third-order valence-corrected chi connectivity index (χ3v) is 3.96. The van der Waals surface area contributed by atoms with Gasteiger partial charge in [0.2, 0.25) is 0 Å². The fourth-order valence-electron chi connectivity index (χ4n) is 2.63. The Morgan fingerprint density at radius 2 is 1.96 bits per heavy atom. The lowest BCUT2D eigenvalue weighted by Crippen LogP contribution is -2.36. The molecule has 0 spiro atoms. The van der Waals surface area contributed by atoms with Gasteiger partial charge in [0, 0.05) is 11.6 Å². The summed E-state index contributed by atoms with van der Waals surface area (Å²) in [4.78, 5) is 12.4. The zero-order chi connectivity index (χ0) is 17.4. The Balaban J connectivity index is 2.06. The highest BCUT2D eigenvalue weighted by Gasteiger charge is 2.14.